The minimum Gasteiger partial charge on any atom is -0.356 e. The van der Waals surface area contributed by atoms with E-state index in [0.29, 0.717) is 19.3 Å². The van der Waals surface area contributed by atoms with Crippen molar-refractivity contribution >= 4 is 24.4 Å². The maximum atomic E-state index is 11.3. The number of unbranched alkanes of at least 4 members (excludes halogenated alkanes) is 3. The van der Waals surface area contributed by atoms with Gasteiger partial charge in [0.05, 0.1) is 0 Å². The summed E-state index contributed by atoms with van der Waals surface area (Å²) < 4.78 is 0. The average molecular weight is 268 g/mol. The summed E-state index contributed by atoms with van der Waals surface area (Å²) >= 11 is 0. The molecule has 2 N–H and O–H groups in total. The van der Waals surface area contributed by atoms with Crippen LogP contribution >= 0.6 is 0 Å². The van der Waals surface area contributed by atoms with Crippen LogP contribution in [0.2, 0.25) is 0 Å². The average Bonchev–Trinajstić information content (AvgIpc) is 2.40. The monoisotopic (exact) mass is 268 g/mol. The van der Waals surface area contributed by atoms with Crippen molar-refractivity contribution in [2.24, 2.45) is 0 Å². The molecule has 0 aliphatic carbocycles. The van der Waals surface area contributed by atoms with E-state index in [-0.39, 0.29) is 18.9 Å². The van der Waals surface area contributed by atoms with Crippen LogP contribution in [0.5, 0.6) is 0 Å². The van der Waals surface area contributed by atoms with Gasteiger partial charge in [-0.3, -0.25) is 14.4 Å². The smallest absolute Gasteiger partial charge is 0.244 e. The SMILES string of the molecule is O=C/C=C\C(=O)NCCC(=O)NCCCCCC=O. The van der Waals surface area contributed by atoms with Gasteiger partial charge in [0.1, 0.15) is 12.6 Å². The Morgan fingerprint density at radius 2 is 1.74 bits per heavy atom. The molecule has 0 aromatic carbocycles. The van der Waals surface area contributed by atoms with Crippen LogP contribution in [0.4, 0.5) is 0 Å². The third-order valence-corrected chi connectivity index (χ3v) is 2.30. The van der Waals surface area contributed by atoms with Crippen LogP contribution in [0.15, 0.2) is 12.2 Å². The molecular weight excluding hydrogens is 248 g/mol. The third kappa shape index (κ3) is 12.3. The maximum Gasteiger partial charge on any atom is 0.244 e. The first-order valence-corrected chi connectivity index (χ1v) is 6.30. The van der Waals surface area contributed by atoms with Gasteiger partial charge in [0, 0.05) is 32.0 Å². The molecule has 0 aromatic heterocycles. The highest BCUT2D eigenvalue weighted by Gasteiger charge is 2.01. The molecular formula is C13H20N2O4. The highest BCUT2D eigenvalue weighted by Crippen LogP contribution is 1.96. The zero-order valence-electron chi connectivity index (χ0n) is 10.9. The summed E-state index contributed by atoms with van der Waals surface area (Å²) in [6, 6.07) is 0. The second-order valence-corrected chi connectivity index (χ2v) is 3.90. The van der Waals surface area contributed by atoms with Crippen LogP contribution in [0.1, 0.15) is 32.1 Å². The molecule has 0 saturated carbocycles. The Labute approximate surface area is 112 Å². The zero-order chi connectivity index (χ0) is 14.3. The lowest BCUT2D eigenvalue weighted by Crippen LogP contribution is -2.30. The van der Waals surface area contributed by atoms with Crippen LogP contribution < -0.4 is 10.6 Å². The maximum absolute atomic E-state index is 11.3. The van der Waals surface area contributed by atoms with E-state index in [4.69, 9.17) is 0 Å². The Kier molecular flexibility index (Phi) is 11.2. The van der Waals surface area contributed by atoms with E-state index in [1.807, 2.05) is 0 Å². The normalized spacial score (nSPS) is 10.1. The summed E-state index contributed by atoms with van der Waals surface area (Å²) in [6.07, 6.45) is 6.96. The van der Waals surface area contributed by atoms with Crippen molar-refractivity contribution in [1.82, 2.24) is 10.6 Å². The van der Waals surface area contributed by atoms with Crippen LogP contribution in [0, 0.1) is 0 Å². The van der Waals surface area contributed by atoms with E-state index in [1.165, 1.54) is 0 Å². The number of allylic oxidation sites excluding steroid dienone is 1. The van der Waals surface area contributed by atoms with Gasteiger partial charge in [0.2, 0.25) is 11.8 Å². The van der Waals surface area contributed by atoms with Crippen LogP contribution in [0.3, 0.4) is 0 Å². The first-order chi connectivity index (χ1) is 9.20. The van der Waals surface area contributed by atoms with Crippen LogP contribution in [-0.2, 0) is 19.2 Å². The summed E-state index contributed by atoms with van der Waals surface area (Å²) in [4.78, 5) is 42.4. The summed E-state index contributed by atoms with van der Waals surface area (Å²) in [7, 11) is 0. The van der Waals surface area contributed by atoms with Gasteiger partial charge in [-0.15, -0.1) is 0 Å². The summed E-state index contributed by atoms with van der Waals surface area (Å²) in [5.41, 5.74) is 0. The molecule has 0 heterocycles. The summed E-state index contributed by atoms with van der Waals surface area (Å²) in [5, 5.41) is 5.21. The van der Waals surface area contributed by atoms with Crippen LogP contribution in [-0.4, -0.2) is 37.5 Å². The van der Waals surface area contributed by atoms with Crippen molar-refractivity contribution < 1.29 is 19.2 Å². The van der Waals surface area contributed by atoms with Gasteiger partial charge in [-0.2, -0.15) is 0 Å². The molecule has 0 atom stereocenters. The molecule has 0 aliphatic heterocycles. The van der Waals surface area contributed by atoms with Crippen LogP contribution in [0.25, 0.3) is 0 Å². The predicted molar refractivity (Wildman–Crippen MR) is 70.4 cm³/mol. The minimum absolute atomic E-state index is 0.130. The molecule has 0 saturated heterocycles. The lowest BCUT2D eigenvalue weighted by atomic mass is 10.2. The molecule has 19 heavy (non-hydrogen) atoms. The first-order valence-electron chi connectivity index (χ1n) is 6.30. The highest BCUT2D eigenvalue weighted by atomic mass is 16.2. The Morgan fingerprint density at radius 3 is 2.42 bits per heavy atom. The van der Waals surface area contributed by atoms with Gasteiger partial charge in [-0.25, -0.2) is 0 Å². The molecule has 6 nitrogen and oxygen atoms in total. The summed E-state index contributed by atoms with van der Waals surface area (Å²) in [5.74, 6) is -0.524. The fourth-order valence-electron chi connectivity index (χ4n) is 1.33. The molecule has 0 fully saturated rings. The highest BCUT2D eigenvalue weighted by molar-refractivity contribution is 5.91. The molecule has 0 aromatic rings. The second kappa shape index (κ2) is 12.5. The fourth-order valence-corrected chi connectivity index (χ4v) is 1.33. The van der Waals surface area contributed by atoms with Gasteiger partial charge in [-0.05, 0) is 18.9 Å². The quantitative estimate of drug-likeness (QED) is 0.316. The van der Waals surface area contributed by atoms with E-state index < -0.39 is 5.91 Å². The Morgan fingerprint density at radius 1 is 0.947 bits per heavy atom. The molecule has 0 unspecified atom stereocenters. The third-order valence-electron chi connectivity index (χ3n) is 2.30. The molecule has 6 heteroatoms. The van der Waals surface area contributed by atoms with Gasteiger partial charge in [0.15, 0.2) is 0 Å². The van der Waals surface area contributed by atoms with Gasteiger partial charge in [0.25, 0.3) is 0 Å². The van der Waals surface area contributed by atoms with E-state index in [9.17, 15) is 19.2 Å². The molecule has 106 valence electrons. The molecule has 0 aliphatic rings. The largest absolute Gasteiger partial charge is 0.356 e. The number of hydrogen-bond acceptors (Lipinski definition) is 4. The van der Waals surface area contributed by atoms with Crippen molar-refractivity contribution in [3.63, 3.8) is 0 Å². The molecule has 0 bridgehead atoms. The standard InChI is InChI=1S/C13H20N2O4/c16-10-4-2-1-3-8-14-13(19)7-9-15-12(18)6-5-11-17/h5-6,10-11H,1-4,7-9H2,(H,14,19)(H,15,18)/b6-5-. The number of nitrogens with one attached hydrogen (secondary N) is 2. The predicted octanol–water partition coefficient (Wildman–Crippen LogP) is 0.123. The van der Waals surface area contributed by atoms with E-state index >= 15 is 0 Å². The molecule has 0 spiro atoms. The number of hydrogen-bond donors (Lipinski definition) is 2. The Balaban J connectivity index is 3.44. The Hall–Kier alpha value is -1.98. The fraction of sp³-hybridized carbons (Fsp3) is 0.538. The molecule has 2 amide bonds. The van der Waals surface area contributed by atoms with E-state index in [0.717, 1.165) is 37.7 Å². The number of aldehydes is 2. The minimum atomic E-state index is -0.395. The Bertz CT molecular complexity index is 327. The number of amides is 2. The topological polar surface area (TPSA) is 92.3 Å². The molecule has 0 rings (SSSR count). The number of carbonyl (C=O) groups is 4. The van der Waals surface area contributed by atoms with E-state index in [1.54, 1.807) is 0 Å². The van der Waals surface area contributed by atoms with Crippen molar-refractivity contribution in [3.05, 3.63) is 12.2 Å². The second-order valence-electron chi connectivity index (χ2n) is 3.90. The number of carbonyl (C=O) groups excluding carboxylic acids is 4. The molecule has 0 radical (unpaired) electrons. The van der Waals surface area contributed by atoms with Crippen molar-refractivity contribution in [1.29, 1.82) is 0 Å². The van der Waals surface area contributed by atoms with Crippen molar-refractivity contribution in [2.45, 2.75) is 32.1 Å². The zero-order valence-corrected chi connectivity index (χ0v) is 10.9. The van der Waals surface area contributed by atoms with Crippen molar-refractivity contribution in [3.8, 4) is 0 Å². The van der Waals surface area contributed by atoms with Gasteiger partial charge < -0.3 is 15.4 Å². The van der Waals surface area contributed by atoms with Crippen molar-refractivity contribution in [2.75, 3.05) is 13.1 Å². The lowest BCUT2D eigenvalue weighted by molar-refractivity contribution is -0.121. The lowest BCUT2D eigenvalue weighted by Gasteiger charge is -2.05. The summed E-state index contributed by atoms with van der Waals surface area (Å²) in [6.45, 7) is 0.815. The van der Waals surface area contributed by atoms with Gasteiger partial charge >= 0.3 is 0 Å². The van der Waals surface area contributed by atoms with Gasteiger partial charge in [-0.1, -0.05) is 6.42 Å². The first kappa shape index (κ1) is 17.0. The van der Waals surface area contributed by atoms with E-state index in [2.05, 4.69) is 10.6 Å². The number of rotatable bonds is 11.